The summed E-state index contributed by atoms with van der Waals surface area (Å²) in [6.45, 7) is 6.62. The van der Waals surface area contributed by atoms with Gasteiger partial charge in [-0.2, -0.15) is 0 Å². The number of carbonyl (C=O) groups is 1. The van der Waals surface area contributed by atoms with E-state index in [-0.39, 0.29) is 0 Å². The van der Waals surface area contributed by atoms with Gasteiger partial charge in [0.2, 0.25) is 0 Å². The van der Waals surface area contributed by atoms with Gasteiger partial charge in [-0.3, -0.25) is 5.32 Å². The Hall–Kier alpha value is -1.59. The fourth-order valence-corrected chi connectivity index (χ4v) is 2.10. The molecular weight excluding hydrogens is 256 g/mol. The highest BCUT2D eigenvalue weighted by Gasteiger charge is 2.34. The molecule has 0 radical (unpaired) electrons. The third-order valence-corrected chi connectivity index (χ3v) is 3.08. The summed E-state index contributed by atoms with van der Waals surface area (Å²) in [4.78, 5) is 11.8. The molecule has 0 unspecified atom stereocenters. The van der Waals surface area contributed by atoms with E-state index >= 15 is 0 Å². The predicted molar refractivity (Wildman–Crippen MR) is 77.8 cm³/mol. The van der Waals surface area contributed by atoms with Crippen LogP contribution in [0.15, 0.2) is 24.3 Å². The largest absolute Gasteiger partial charge is 0.444 e. The number of rotatable bonds is 3. The first-order valence-electron chi connectivity index (χ1n) is 6.78. The van der Waals surface area contributed by atoms with Crippen molar-refractivity contribution in [2.24, 2.45) is 0 Å². The van der Waals surface area contributed by atoms with Crippen LogP contribution in [-0.4, -0.2) is 35.5 Å². The van der Waals surface area contributed by atoms with Gasteiger partial charge in [0, 0.05) is 25.2 Å². The van der Waals surface area contributed by atoms with Gasteiger partial charge in [0.25, 0.3) is 0 Å². The second kappa shape index (κ2) is 5.42. The molecule has 5 nitrogen and oxygen atoms in total. The minimum absolute atomic E-state index is 0.483. The van der Waals surface area contributed by atoms with Gasteiger partial charge in [0.05, 0.1) is 5.60 Å². The molecular formula is C15H22N2O3. The van der Waals surface area contributed by atoms with Gasteiger partial charge in [-0.15, -0.1) is 0 Å². The Labute approximate surface area is 119 Å². The Morgan fingerprint density at radius 2 is 2.05 bits per heavy atom. The zero-order valence-corrected chi connectivity index (χ0v) is 12.2. The van der Waals surface area contributed by atoms with Crippen LogP contribution in [0.4, 0.5) is 10.5 Å². The number of benzene rings is 1. The van der Waals surface area contributed by atoms with Gasteiger partial charge in [-0.25, -0.2) is 4.79 Å². The van der Waals surface area contributed by atoms with Gasteiger partial charge in [0.1, 0.15) is 5.60 Å². The average molecular weight is 278 g/mol. The van der Waals surface area contributed by atoms with Crippen LogP contribution in [-0.2, 0) is 11.2 Å². The molecule has 2 rings (SSSR count). The Bertz CT molecular complexity index is 490. The molecule has 1 heterocycles. The summed E-state index contributed by atoms with van der Waals surface area (Å²) >= 11 is 0. The zero-order chi connectivity index (χ0) is 14.8. The first kappa shape index (κ1) is 14.8. The molecule has 0 saturated carbocycles. The van der Waals surface area contributed by atoms with Crippen molar-refractivity contribution >= 4 is 11.8 Å². The maximum atomic E-state index is 11.8. The van der Waals surface area contributed by atoms with E-state index in [0.29, 0.717) is 25.2 Å². The molecule has 1 aromatic rings. The van der Waals surface area contributed by atoms with E-state index in [0.717, 1.165) is 5.56 Å². The fourth-order valence-electron chi connectivity index (χ4n) is 2.10. The number of nitrogens with one attached hydrogen (secondary N) is 2. The number of amides is 1. The van der Waals surface area contributed by atoms with Crippen LogP contribution in [0.3, 0.4) is 0 Å². The Morgan fingerprint density at radius 3 is 2.60 bits per heavy atom. The molecule has 1 aliphatic heterocycles. The maximum Gasteiger partial charge on any atom is 0.412 e. The fraction of sp³-hybridized carbons (Fsp3) is 0.533. The number of β-amino-alcohol motifs (C(OH)–C–C–N with tert-alkyl or cyclic N) is 1. The third-order valence-electron chi connectivity index (χ3n) is 3.08. The number of hydrogen-bond donors (Lipinski definition) is 3. The monoisotopic (exact) mass is 278 g/mol. The molecule has 1 aromatic carbocycles. The average Bonchev–Trinajstić information content (AvgIpc) is 2.27. The quantitative estimate of drug-likeness (QED) is 0.790. The molecule has 5 heteroatoms. The van der Waals surface area contributed by atoms with Gasteiger partial charge >= 0.3 is 6.09 Å². The Kier molecular flexibility index (Phi) is 4.01. The zero-order valence-electron chi connectivity index (χ0n) is 12.2. The molecule has 0 aromatic heterocycles. The number of anilines is 1. The lowest BCUT2D eigenvalue weighted by Crippen LogP contribution is -2.60. The molecule has 1 aliphatic rings. The van der Waals surface area contributed by atoms with E-state index in [1.165, 1.54) is 0 Å². The topological polar surface area (TPSA) is 70.6 Å². The number of aliphatic hydroxyl groups is 1. The van der Waals surface area contributed by atoms with Crippen molar-refractivity contribution in [2.45, 2.75) is 38.4 Å². The smallest absolute Gasteiger partial charge is 0.412 e. The summed E-state index contributed by atoms with van der Waals surface area (Å²) in [7, 11) is 0. The number of carbonyl (C=O) groups excluding carboxylic acids is 1. The summed E-state index contributed by atoms with van der Waals surface area (Å²) < 4.78 is 5.24. The summed E-state index contributed by atoms with van der Waals surface area (Å²) in [5, 5.41) is 16.0. The lowest BCUT2D eigenvalue weighted by molar-refractivity contribution is -0.00894. The Morgan fingerprint density at radius 1 is 1.40 bits per heavy atom. The molecule has 0 atom stereocenters. The normalized spacial score (nSPS) is 17.2. The highest BCUT2D eigenvalue weighted by Crippen LogP contribution is 2.24. The van der Waals surface area contributed by atoms with Gasteiger partial charge in [-0.1, -0.05) is 18.2 Å². The first-order chi connectivity index (χ1) is 9.27. The molecule has 3 N–H and O–H groups in total. The van der Waals surface area contributed by atoms with E-state index in [2.05, 4.69) is 10.6 Å². The molecule has 0 spiro atoms. The van der Waals surface area contributed by atoms with Crippen LogP contribution < -0.4 is 10.6 Å². The second-order valence-electron chi connectivity index (χ2n) is 6.29. The van der Waals surface area contributed by atoms with E-state index in [1.807, 2.05) is 45.0 Å². The van der Waals surface area contributed by atoms with Crippen molar-refractivity contribution in [3.05, 3.63) is 29.8 Å². The molecule has 0 bridgehead atoms. The summed E-state index contributed by atoms with van der Waals surface area (Å²) in [6.07, 6.45) is 0.0232. The van der Waals surface area contributed by atoms with Crippen molar-refractivity contribution in [2.75, 3.05) is 18.4 Å². The molecule has 20 heavy (non-hydrogen) atoms. The Balaban J connectivity index is 2.06. The minimum Gasteiger partial charge on any atom is -0.444 e. The first-order valence-corrected chi connectivity index (χ1v) is 6.78. The second-order valence-corrected chi connectivity index (χ2v) is 6.29. The van der Waals surface area contributed by atoms with Crippen LogP contribution in [0.1, 0.15) is 26.3 Å². The predicted octanol–water partition coefficient (Wildman–Crippen LogP) is 1.91. The molecule has 110 valence electrons. The summed E-state index contributed by atoms with van der Waals surface area (Å²) in [5.74, 6) is 0. The van der Waals surface area contributed by atoms with Crippen molar-refractivity contribution in [1.29, 1.82) is 0 Å². The lowest BCUT2D eigenvalue weighted by atomic mass is 9.88. The highest BCUT2D eigenvalue weighted by molar-refractivity contribution is 5.86. The van der Waals surface area contributed by atoms with Gasteiger partial charge in [-0.05, 0) is 32.4 Å². The van der Waals surface area contributed by atoms with Crippen molar-refractivity contribution in [3.8, 4) is 0 Å². The van der Waals surface area contributed by atoms with Crippen LogP contribution in [0.2, 0.25) is 0 Å². The minimum atomic E-state index is -0.717. The van der Waals surface area contributed by atoms with E-state index < -0.39 is 17.3 Å². The third kappa shape index (κ3) is 3.95. The number of para-hydroxylation sites is 1. The molecule has 0 aliphatic carbocycles. The van der Waals surface area contributed by atoms with Crippen LogP contribution >= 0.6 is 0 Å². The van der Waals surface area contributed by atoms with Gasteiger partial charge in [0.15, 0.2) is 0 Å². The van der Waals surface area contributed by atoms with E-state index in [4.69, 9.17) is 4.74 Å². The lowest BCUT2D eigenvalue weighted by Gasteiger charge is -2.38. The van der Waals surface area contributed by atoms with Crippen LogP contribution in [0.25, 0.3) is 0 Å². The van der Waals surface area contributed by atoms with Gasteiger partial charge < -0.3 is 15.2 Å². The number of hydrogen-bond acceptors (Lipinski definition) is 4. The van der Waals surface area contributed by atoms with Crippen molar-refractivity contribution in [1.82, 2.24) is 5.32 Å². The summed E-state index contributed by atoms with van der Waals surface area (Å²) in [6, 6.07) is 7.46. The summed E-state index contributed by atoms with van der Waals surface area (Å²) in [5.41, 5.74) is 0.338. The molecule has 1 saturated heterocycles. The van der Waals surface area contributed by atoms with E-state index in [1.54, 1.807) is 0 Å². The van der Waals surface area contributed by atoms with Crippen LogP contribution in [0, 0.1) is 0 Å². The number of ether oxygens (including phenoxy) is 1. The standard InChI is InChI=1S/C15H22N2O3/c1-14(2,3)20-13(18)17-12-7-5-4-6-11(12)8-15(19)9-16-10-15/h4-7,16,19H,8-10H2,1-3H3,(H,17,18). The SMILES string of the molecule is CC(C)(C)OC(=O)Nc1ccccc1CC1(O)CNC1. The van der Waals surface area contributed by atoms with Crippen molar-refractivity contribution < 1.29 is 14.6 Å². The molecule has 1 fully saturated rings. The van der Waals surface area contributed by atoms with Crippen LogP contribution in [0.5, 0.6) is 0 Å². The maximum absolute atomic E-state index is 11.8. The van der Waals surface area contributed by atoms with Crippen molar-refractivity contribution in [3.63, 3.8) is 0 Å². The highest BCUT2D eigenvalue weighted by atomic mass is 16.6. The molecule has 1 amide bonds. The van der Waals surface area contributed by atoms with E-state index in [9.17, 15) is 9.90 Å².